The van der Waals surface area contributed by atoms with Crippen molar-refractivity contribution in [2.45, 2.75) is 24.5 Å². The van der Waals surface area contributed by atoms with Crippen molar-refractivity contribution in [3.05, 3.63) is 35.9 Å². The zero-order chi connectivity index (χ0) is 11.7. The maximum absolute atomic E-state index is 11.9. The van der Waals surface area contributed by atoms with Gasteiger partial charge in [-0.15, -0.1) is 0 Å². The van der Waals surface area contributed by atoms with Crippen LogP contribution in [0.25, 0.3) is 0 Å². The van der Waals surface area contributed by atoms with Gasteiger partial charge in [-0.3, -0.25) is 4.79 Å². The summed E-state index contributed by atoms with van der Waals surface area (Å²) in [5.41, 5.74) is 1.03. The molecule has 0 radical (unpaired) electrons. The van der Waals surface area contributed by atoms with Crippen LogP contribution in [0.2, 0.25) is 0 Å². The highest BCUT2D eigenvalue weighted by Gasteiger charge is 2.43. The predicted molar refractivity (Wildman–Crippen MR) is 64.9 cm³/mol. The molecule has 1 heterocycles. The highest BCUT2D eigenvalue weighted by atomic mass is 79.9. The van der Waals surface area contributed by atoms with Crippen molar-refractivity contribution in [3.63, 3.8) is 0 Å². The molecule has 1 aromatic carbocycles. The van der Waals surface area contributed by atoms with Crippen molar-refractivity contribution in [1.29, 1.82) is 0 Å². The molecule has 2 rings (SSSR count). The van der Waals surface area contributed by atoms with Gasteiger partial charge in [-0.1, -0.05) is 53.2 Å². The number of halogens is 1. The largest absolute Gasteiger partial charge is 0.372 e. The summed E-state index contributed by atoms with van der Waals surface area (Å²) in [4.78, 5) is 13.2. The molecule has 1 aliphatic heterocycles. The number of hydrogen-bond donors (Lipinski definition) is 1. The summed E-state index contributed by atoms with van der Waals surface area (Å²) in [7, 11) is 0. The minimum atomic E-state index is -0.734. The fourth-order valence-electron chi connectivity index (χ4n) is 1.91. The second-order valence-corrected chi connectivity index (χ2v) is 5.16. The SMILES string of the molecule is CC1C(=O)N(Cc2ccccc2)C(O)C1Br. The fraction of sp³-hybridized carbons (Fsp3) is 0.417. The summed E-state index contributed by atoms with van der Waals surface area (Å²) in [6.07, 6.45) is -0.734. The number of likely N-dealkylation sites (tertiary alicyclic amines) is 1. The molecule has 4 heteroatoms. The lowest BCUT2D eigenvalue weighted by Gasteiger charge is -2.21. The number of amides is 1. The van der Waals surface area contributed by atoms with E-state index >= 15 is 0 Å². The Hall–Kier alpha value is -0.870. The number of hydrogen-bond acceptors (Lipinski definition) is 2. The molecule has 1 amide bonds. The Morgan fingerprint density at radius 3 is 2.50 bits per heavy atom. The Morgan fingerprint density at radius 2 is 2.00 bits per heavy atom. The van der Waals surface area contributed by atoms with Gasteiger partial charge in [-0.05, 0) is 5.56 Å². The topological polar surface area (TPSA) is 40.5 Å². The van der Waals surface area contributed by atoms with E-state index in [0.29, 0.717) is 6.54 Å². The van der Waals surface area contributed by atoms with Crippen LogP contribution >= 0.6 is 15.9 Å². The van der Waals surface area contributed by atoms with Crippen molar-refractivity contribution >= 4 is 21.8 Å². The van der Waals surface area contributed by atoms with E-state index in [1.165, 1.54) is 4.90 Å². The van der Waals surface area contributed by atoms with E-state index < -0.39 is 6.23 Å². The first-order valence-corrected chi connectivity index (χ1v) is 6.19. The van der Waals surface area contributed by atoms with Gasteiger partial charge in [0, 0.05) is 6.54 Å². The van der Waals surface area contributed by atoms with Gasteiger partial charge in [-0.25, -0.2) is 0 Å². The van der Waals surface area contributed by atoms with E-state index in [1.54, 1.807) is 0 Å². The molecule has 0 spiro atoms. The molecule has 16 heavy (non-hydrogen) atoms. The van der Waals surface area contributed by atoms with Gasteiger partial charge >= 0.3 is 0 Å². The van der Waals surface area contributed by atoms with Crippen LogP contribution in [0.5, 0.6) is 0 Å². The Bertz CT molecular complexity index is 382. The van der Waals surface area contributed by atoms with Gasteiger partial charge in [0.15, 0.2) is 0 Å². The van der Waals surface area contributed by atoms with Gasteiger partial charge in [0.2, 0.25) is 5.91 Å². The third-order valence-electron chi connectivity index (χ3n) is 2.95. The number of aliphatic hydroxyl groups is 1. The zero-order valence-electron chi connectivity index (χ0n) is 9.01. The fourth-order valence-corrected chi connectivity index (χ4v) is 2.42. The molecule has 0 aromatic heterocycles. The van der Waals surface area contributed by atoms with Crippen molar-refractivity contribution < 1.29 is 9.90 Å². The highest BCUT2D eigenvalue weighted by molar-refractivity contribution is 9.09. The first-order valence-electron chi connectivity index (χ1n) is 5.28. The predicted octanol–water partition coefficient (Wildman–Crippen LogP) is 1.75. The lowest BCUT2D eigenvalue weighted by molar-refractivity contribution is -0.136. The Labute approximate surface area is 103 Å². The van der Waals surface area contributed by atoms with Crippen LogP contribution in [0, 0.1) is 5.92 Å². The second kappa shape index (κ2) is 4.55. The van der Waals surface area contributed by atoms with Crippen LogP contribution in [0.3, 0.4) is 0 Å². The molecule has 0 saturated carbocycles. The minimum Gasteiger partial charge on any atom is -0.372 e. The monoisotopic (exact) mass is 283 g/mol. The average Bonchev–Trinajstić information content (AvgIpc) is 2.48. The maximum atomic E-state index is 11.9. The molecule has 3 nitrogen and oxygen atoms in total. The summed E-state index contributed by atoms with van der Waals surface area (Å²) >= 11 is 3.35. The van der Waals surface area contributed by atoms with Crippen LogP contribution in [-0.2, 0) is 11.3 Å². The van der Waals surface area contributed by atoms with Gasteiger partial charge in [-0.2, -0.15) is 0 Å². The van der Waals surface area contributed by atoms with Crippen LogP contribution < -0.4 is 0 Å². The second-order valence-electron chi connectivity index (χ2n) is 4.10. The molecule has 1 N–H and O–H groups in total. The molecule has 0 aliphatic carbocycles. The van der Waals surface area contributed by atoms with Crippen LogP contribution in [-0.4, -0.2) is 27.0 Å². The highest BCUT2D eigenvalue weighted by Crippen LogP contribution is 2.30. The number of rotatable bonds is 2. The Kier molecular flexibility index (Phi) is 3.30. The quantitative estimate of drug-likeness (QED) is 0.840. The first kappa shape index (κ1) is 11.6. The smallest absolute Gasteiger partial charge is 0.229 e. The molecule has 1 saturated heterocycles. The standard InChI is InChI=1S/C12H14BrNO2/c1-8-10(13)12(16)14(11(8)15)7-9-5-3-2-4-6-9/h2-6,8,10,12,16H,7H2,1H3. The van der Waals surface area contributed by atoms with E-state index in [9.17, 15) is 9.90 Å². The molecule has 86 valence electrons. The zero-order valence-corrected chi connectivity index (χ0v) is 10.6. The van der Waals surface area contributed by atoms with E-state index in [4.69, 9.17) is 0 Å². The molecular formula is C12H14BrNO2. The van der Waals surface area contributed by atoms with Crippen molar-refractivity contribution in [3.8, 4) is 0 Å². The molecule has 1 aromatic rings. The van der Waals surface area contributed by atoms with Gasteiger partial charge in [0.1, 0.15) is 6.23 Å². The third kappa shape index (κ3) is 1.99. The molecule has 3 unspecified atom stereocenters. The Morgan fingerprint density at radius 1 is 1.38 bits per heavy atom. The van der Waals surface area contributed by atoms with Crippen LogP contribution in [0.15, 0.2) is 30.3 Å². The molecule has 1 fully saturated rings. The lowest BCUT2D eigenvalue weighted by Crippen LogP contribution is -2.34. The van der Waals surface area contributed by atoms with Gasteiger partial charge in [0.25, 0.3) is 0 Å². The normalized spacial score (nSPS) is 29.8. The summed E-state index contributed by atoms with van der Waals surface area (Å²) in [6.45, 7) is 2.29. The molecule has 0 bridgehead atoms. The van der Waals surface area contributed by atoms with Gasteiger partial charge in [0.05, 0.1) is 10.7 Å². The number of carbonyl (C=O) groups is 1. The maximum Gasteiger partial charge on any atom is 0.229 e. The number of aliphatic hydroxyl groups excluding tert-OH is 1. The number of alkyl halides is 1. The summed E-state index contributed by atoms with van der Waals surface area (Å²) < 4.78 is 0. The Balaban J connectivity index is 2.14. The molecule has 3 atom stereocenters. The van der Waals surface area contributed by atoms with Crippen LogP contribution in [0.1, 0.15) is 12.5 Å². The number of nitrogens with zero attached hydrogens (tertiary/aromatic N) is 1. The number of benzene rings is 1. The number of carbonyl (C=O) groups excluding carboxylic acids is 1. The molecule has 1 aliphatic rings. The van der Waals surface area contributed by atoms with Crippen LogP contribution in [0.4, 0.5) is 0 Å². The van der Waals surface area contributed by atoms with Gasteiger partial charge < -0.3 is 10.0 Å². The summed E-state index contributed by atoms with van der Waals surface area (Å²) in [5, 5.41) is 9.92. The first-order chi connectivity index (χ1) is 7.61. The van der Waals surface area contributed by atoms with Crippen molar-refractivity contribution in [1.82, 2.24) is 4.90 Å². The van der Waals surface area contributed by atoms with Crippen molar-refractivity contribution in [2.75, 3.05) is 0 Å². The molecular weight excluding hydrogens is 270 g/mol. The lowest BCUT2D eigenvalue weighted by atomic mass is 10.1. The van der Waals surface area contributed by atoms with E-state index in [-0.39, 0.29) is 16.7 Å². The van der Waals surface area contributed by atoms with E-state index in [1.807, 2.05) is 37.3 Å². The van der Waals surface area contributed by atoms with Crippen molar-refractivity contribution in [2.24, 2.45) is 5.92 Å². The third-order valence-corrected chi connectivity index (χ3v) is 4.22. The minimum absolute atomic E-state index is 0.00164. The average molecular weight is 284 g/mol. The van der Waals surface area contributed by atoms with E-state index in [0.717, 1.165) is 5.56 Å². The summed E-state index contributed by atoms with van der Waals surface area (Å²) in [6, 6.07) is 9.69. The van der Waals surface area contributed by atoms with E-state index in [2.05, 4.69) is 15.9 Å². The summed E-state index contributed by atoms with van der Waals surface area (Å²) in [5.74, 6) is -0.169.